The van der Waals surface area contributed by atoms with Crippen molar-refractivity contribution in [2.75, 3.05) is 11.1 Å². The molecule has 4 N–H and O–H groups in total. The predicted molar refractivity (Wildman–Crippen MR) is 105 cm³/mol. The monoisotopic (exact) mass is 377 g/mol. The molecule has 0 atom stereocenters. The molecule has 0 unspecified atom stereocenters. The van der Waals surface area contributed by atoms with E-state index in [1.54, 1.807) is 43.6 Å². The van der Waals surface area contributed by atoms with Crippen LogP contribution in [0.1, 0.15) is 21.5 Å². The number of rotatable bonds is 7. The molecule has 2 aromatic heterocycles. The van der Waals surface area contributed by atoms with Crippen LogP contribution in [0.15, 0.2) is 54.9 Å². The van der Waals surface area contributed by atoms with E-state index in [9.17, 15) is 9.59 Å². The second-order valence-electron chi connectivity index (χ2n) is 5.94. The van der Waals surface area contributed by atoms with Crippen LogP contribution < -0.4 is 21.1 Å². The lowest BCUT2D eigenvalue weighted by atomic mass is 10.1. The van der Waals surface area contributed by atoms with Crippen molar-refractivity contribution in [1.29, 1.82) is 0 Å². The highest BCUT2D eigenvalue weighted by Gasteiger charge is 2.13. The Kier molecular flexibility index (Phi) is 5.81. The van der Waals surface area contributed by atoms with Crippen LogP contribution in [0, 0.1) is 6.92 Å². The van der Waals surface area contributed by atoms with Crippen LogP contribution in [0.5, 0.6) is 11.5 Å². The second kappa shape index (κ2) is 8.63. The lowest BCUT2D eigenvalue weighted by Gasteiger charge is -2.13. The third-order valence-electron chi connectivity index (χ3n) is 3.98. The van der Waals surface area contributed by atoms with Gasteiger partial charge in [0.05, 0.1) is 0 Å². The third kappa shape index (κ3) is 4.61. The number of anilines is 2. The number of nitrogen functional groups attached to an aromatic ring is 1. The van der Waals surface area contributed by atoms with E-state index in [-0.39, 0.29) is 17.5 Å². The summed E-state index contributed by atoms with van der Waals surface area (Å²) >= 11 is 0. The molecule has 0 spiro atoms. The summed E-state index contributed by atoms with van der Waals surface area (Å²) in [6.45, 7) is 2.19. The number of amides is 2. The first-order chi connectivity index (χ1) is 13.6. The summed E-state index contributed by atoms with van der Waals surface area (Å²) in [7, 11) is 0. The molecule has 0 aliphatic carbocycles. The minimum Gasteiger partial charge on any atom is -0.457 e. The van der Waals surface area contributed by atoms with Crippen molar-refractivity contribution in [3.8, 4) is 11.5 Å². The van der Waals surface area contributed by atoms with E-state index in [0.29, 0.717) is 35.6 Å². The summed E-state index contributed by atoms with van der Waals surface area (Å²) in [5.41, 5.74) is 7.87. The minimum absolute atomic E-state index is 0.200. The SMILES string of the molecule is Cc1c(Oc2cc(N)nc(NC=O)c2)cccc1C(=O)NCc1ccncc1. The lowest BCUT2D eigenvalue weighted by molar-refractivity contribution is -0.105. The molecule has 0 radical (unpaired) electrons. The third-order valence-corrected chi connectivity index (χ3v) is 3.98. The van der Waals surface area contributed by atoms with Crippen molar-refractivity contribution >= 4 is 24.0 Å². The Morgan fingerprint density at radius 2 is 2.00 bits per heavy atom. The quantitative estimate of drug-likeness (QED) is 0.545. The molecule has 8 heteroatoms. The molecular weight excluding hydrogens is 358 g/mol. The highest BCUT2D eigenvalue weighted by atomic mass is 16.5. The van der Waals surface area contributed by atoms with E-state index in [1.807, 2.05) is 12.1 Å². The van der Waals surface area contributed by atoms with E-state index >= 15 is 0 Å². The average molecular weight is 377 g/mol. The first-order valence-corrected chi connectivity index (χ1v) is 8.49. The Morgan fingerprint density at radius 1 is 1.21 bits per heavy atom. The zero-order valence-electron chi connectivity index (χ0n) is 15.2. The molecular formula is C20H19N5O3. The lowest BCUT2D eigenvalue weighted by Crippen LogP contribution is -2.23. The highest BCUT2D eigenvalue weighted by molar-refractivity contribution is 5.96. The topological polar surface area (TPSA) is 119 Å². The maximum absolute atomic E-state index is 12.6. The summed E-state index contributed by atoms with van der Waals surface area (Å²) in [5.74, 6) is 1.16. The van der Waals surface area contributed by atoms with E-state index in [1.165, 1.54) is 6.07 Å². The maximum Gasteiger partial charge on any atom is 0.251 e. The number of nitrogens with two attached hydrogens (primary N) is 1. The van der Waals surface area contributed by atoms with Crippen LogP contribution in [-0.4, -0.2) is 22.3 Å². The average Bonchev–Trinajstić information content (AvgIpc) is 2.68. The van der Waals surface area contributed by atoms with Gasteiger partial charge in [0.1, 0.15) is 23.1 Å². The maximum atomic E-state index is 12.6. The largest absolute Gasteiger partial charge is 0.457 e. The molecule has 3 rings (SSSR count). The number of nitrogens with zero attached hydrogens (tertiary/aromatic N) is 2. The van der Waals surface area contributed by atoms with Crippen molar-refractivity contribution < 1.29 is 14.3 Å². The smallest absolute Gasteiger partial charge is 0.251 e. The summed E-state index contributed by atoms with van der Waals surface area (Å²) in [6.07, 6.45) is 3.86. The summed E-state index contributed by atoms with van der Waals surface area (Å²) in [4.78, 5) is 31.1. The van der Waals surface area contributed by atoms with Gasteiger partial charge in [0.15, 0.2) is 0 Å². The molecule has 8 nitrogen and oxygen atoms in total. The van der Waals surface area contributed by atoms with Crippen LogP contribution in [0.25, 0.3) is 0 Å². The molecule has 1 aromatic carbocycles. The number of carbonyl (C=O) groups excluding carboxylic acids is 2. The highest BCUT2D eigenvalue weighted by Crippen LogP contribution is 2.29. The van der Waals surface area contributed by atoms with Crippen molar-refractivity contribution in [2.45, 2.75) is 13.5 Å². The Labute approximate surface area is 161 Å². The van der Waals surface area contributed by atoms with Gasteiger partial charge in [0, 0.05) is 42.2 Å². The van der Waals surface area contributed by atoms with Gasteiger partial charge < -0.3 is 21.1 Å². The molecule has 0 bridgehead atoms. The van der Waals surface area contributed by atoms with Crippen molar-refractivity contribution in [2.24, 2.45) is 0 Å². The number of nitrogens with one attached hydrogen (secondary N) is 2. The zero-order chi connectivity index (χ0) is 19.9. The van der Waals surface area contributed by atoms with Gasteiger partial charge in [-0.1, -0.05) is 6.07 Å². The van der Waals surface area contributed by atoms with Gasteiger partial charge in [-0.05, 0) is 36.8 Å². The van der Waals surface area contributed by atoms with Gasteiger partial charge in [-0.25, -0.2) is 4.98 Å². The Balaban J connectivity index is 1.77. The number of carbonyl (C=O) groups is 2. The molecule has 0 aliphatic rings. The number of hydrogen-bond acceptors (Lipinski definition) is 6. The standard InChI is InChI=1S/C20H19N5O3/c1-13-16(20(27)23-11-14-5-7-22-8-6-14)3-2-4-17(13)28-15-9-18(21)25-19(10-15)24-12-26/h2-10,12H,11H2,1H3,(H,23,27)(H3,21,24,25,26). The molecule has 2 amide bonds. The molecule has 0 aliphatic heterocycles. The molecule has 142 valence electrons. The van der Waals surface area contributed by atoms with Crippen LogP contribution in [0.3, 0.4) is 0 Å². The number of pyridine rings is 2. The van der Waals surface area contributed by atoms with Gasteiger partial charge in [-0.15, -0.1) is 0 Å². The molecule has 0 saturated heterocycles. The van der Waals surface area contributed by atoms with Gasteiger partial charge >= 0.3 is 0 Å². The summed E-state index contributed by atoms with van der Waals surface area (Å²) < 4.78 is 5.87. The Morgan fingerprint density at radius 3 is 2.75 bits per heavy atom. The Bertz CT molecular complexity index is 992. The zero-order valence-corrected chi connectivity index (χ0v) is 15.2. The summed E-state index contributed by atoms with van der Waals surface area (Å²) in [5, 5.41) is 5.31. The van der Waals surface area contributed by atoms with Crippen LogP contribution in [0.2, 0.25) is 0 Å². The van der Waals surface area contributed by atoms with Gasteiger partial charge in [0.2, 0.25) is 6.41 Å². The van der Waals surface area contributed by atoms with E-state index in [2.05, 4.69) is 20.6 Å². The van der Waals surface area contributed by atoms with Gasteiger partial charge in [0.25, 0.3) is 5.91 Å². The number of ether oxygens (including phenoxy) is 1. The van der Waals surface area contributed by atoms with E-state index < -0.39 is 0 Å². The second-order valence-corrected chi connectivity index (χ2v) is 5.94. The van der Waals surface area contributed by atoms with Crippen LogP contribution in [-0.2, 0) is 11.3 Å². The van der Waals surface area contributed by atoms with E-state index in [0.717, 1.165) is 5.56 Å². The first kappa shape index (κ1) is 18.8. The van der Waals surface area contributed by atoms with Crippen LogP contribution >= 0.6 is 0 Å². The predicted octanol–water partition coefficient (Wildman–Crippen LogP) is 2.66. The molecule has 3 aromatic rings. The first-order valence-electron chi connectivity index (χ1n) is 8.49. The fourth-order valence-electron chi connectivity index (χ4n) is 2.60. The molecule has 0 fully saturated rings. The normalized spacial score (nSPS) is 10.2. The van der Waals surface area contributed by atoms with Crippen molar-refractivity contribution in [3.05, 3.63) is 71.5 Å². The summed E-state index contributed by atoms with van der Waals surface area (Å²) in [6, 6.07) is 12.0. The number of benzene rings is 1. The fourth-order valence-corrected chi connectivity index (χ4v) is 2.60. The van der Waals surface area contributed by atoms with Crippen molar-refractivity contribution in [3.63, 3.8) is 0 Å². The molecule has 28 heavy (non-hydrogen) atoms. The Hall–Kier alpha value is -3.94. The van der Waals surface area contributed by atoms with Gasteiger partial charge in [-0.2, -0.15) is 0 Å². The van der Waals surface area contributed by atoms with Crippen LogP contribution in [0.4, 0.5) is 11.6 Å². The molecule has 2 heterocycles. The van der Waals surface area contributed by atoms with E-state index in [4.69, 9.17) is 10.5 Å². The van der Waals surface area contributed by atoms with Crippen molar-refractivity contribution in [1.82, 2.24) is 15.3 Å². The number of aromatic nitrogens is 2. The number of hydrogen-bond donors (Lipinski definition) is 3. The van der Waals surface area contributed by atoms with Gasteiger partial charge in [-0.3, -0.25) is 14.6 Å². The fraction of sp³-hybridized carbons (Fsp3) is 0.100. The minimum atomic E-state index is -0.211. The molecule has 0 saturated carbocycles.